The van der Waals surface area contributed by atoms with Crippen molar-refractivity contribution in [2.75, 3.05) is 11.9 Å². The second-order valence-corrected chi connectivity index (χ2v) is 7.31. The molecule has 0 unspecified atom stereocenters. The molecular formula is C19H21N3OSe. The molecule has 0 aliphatic rings. The Kier molecular flexibility index (Phi) is 6.87. The van der Waals surface area contributed by atoms with Gasteiger partial charge in [0.15, 0.2) is 0 Å². The van der Waals surface area contributed by atoms with E-state index in [1.165, 1.54) is 11.1 Å². The number of anilines is 2. The summed E-state index contributed by atoms with van der Waals surface area (Å²) in [7, 11) is 0. The Bertz CT molecular complexity index is 753. The second-order valence-electron chi connectivity index (χ2n) is 5.47. The normalized spacial score (nSPS) is 10.0. The molecule has 2 N–H and O–H groups in total. The fraction of sp³-hybridized carbons (Fsp3) is 0.263. The number of benzene rings is 2. The van der Waals surface area contributed by atoms with Gasteiger partial charge in [0.05, 0.1) is 0 Å². The molecule has 0 aliphatic carbocycles. The molecule has 0 bridgehead atoms. The van der Waals surface area contributed by atoms with Crippen LogP contribution in [0.5, 0.6) is 0 Å². The molecule has 0 heterocycles. The van der Waals surface area contributed by atoms with Crippen LogP contribution < -0.4 is 10.6 Å². The van der Waals surface area contributed by atoms with Gasteiger partial charge in [0.2, 0.25) is 0 Å². The minimum atomic E-state index is -0.0899. The maximum absolute atomic E-state index is 12.4. The van der Waals surface area contributed by atoms with Gasteiger partial charge in [-0.1, -0.05) is 0 Å². The number of nitriles is 1. The maximum atomic E-state index is 12.4. The summed E-state index contributed by atoms with van der Waals surface area (Å²) in [5, 5.41) is 15.7. The van der Waals surface area contributed by atoms with E-state index < -0.39 is 0 Å². The van der Waals surface area contributed by atoms with E-state index in [2.05, 4.69) is 35.5 Å². The van der Waals surface area contributed by atoms with Crippen LogP contribution in [0, 0.1) is 24.1 Å². The van der Waals surface area contributed by atoms with Crippen LogP contribution in [0.3, 0.4) is 0 Å². The third-order valence-corrected chi connectivity index (χ3v) is 5.12. The quantitative estimate of drug-likeness (QED) is 0.562. The van der Waals surface area contributed by atoms with E-state index in [9.17, 15) is 4.79 Å². The van der Waals surface area contributed by atoms with Crippen molar-refractivity contribution in [3.63, 3.8) is 0 Å². The molecule has 2 aromatic rings. The van der Waals surface area contributed by atoms with E-state index in [0.29, 0.717) is 12.1 Å². The summed E-state index contributed by atoms with van der Waals surface area (Å²) in [4.78, 5) is 14.6. The second kappa shape index (κ2) is 9.12. The van der Waals surface area contributed by atoms with E-state index in [0.717, 1.165) is 23.1 Å². The predicted octanol–water partition coefficient (Wildman–Crippen LogP) is 3.77. The van der Waals surface area contributed by atoms with E-state index in [-0.39, 0.29) is 20.9 Å². The fourth-order valence-corrected chi connectivity index (χ4v) is 3.11. The molecule has 0 aliphatic heterocycles. The average molecular weight is 386 g/mol. The van der Waals surface area contributed by atoms with Gasteiger partial charge in [0, 0.05) is 0 Å². The van der Waals surface area contributed by atoms with Gasteiger partial charge in [-0.05, 0) is 0 Å². The van der Waals surface area contributed by atoms with Crippen molar-refractivity contribution in [3.05, 3.63) is 59.2 Å². The Balaban J connectivity index is 2.08. The fourth-order valence-electron chi connectivity index (χ4n) is 2.31. The Morgan fingerprint density at radius 2 is 1.88 bits per heavy atom. The Morgan fingerprint density at radius 3 is 2.67 bits per heavy atom. The standard InChI is InChI=1S/C19H21N3OSe/c1-14-7-5-10-17(15(14)2)22-18-9-4-3-8-16(18)19(23)21-11-6-12-24-13-20/h3-5,7-10,22H,6,11-12H2,1-2H3,(H,21,23). The number of nitrogens with one attached hydrogen (secondary N) is 2. The summed E-state index contributed by atoms with van der Waals surface area (Å²) >= 11 is 0.0207. The Hall–Kier alpha value is -2.28. The van der Waals surface area contributed by atoms with Gasteiger partial charge in [0.25, 0.3) is 0 Å². The van der Waals surface area contributed by atoms with E-state index in [4.69, 9.17) is 5.26 Å². The van der Waals surface area contributed by atoms with Crippen molar-refractivity contribution >= 4 is 32.2 Å². The summed E-state index contributed by atoms with van der Waals surface area (Å²) in [5.41, 5.74) is 4.81. The average Bonchev–Trinajstić information content (AvgIpc) is 2.59. The summed E-state index contributed by atoms with van der Waals surface area (Å²) in [6, 6.07) is 13.6. The number of para-hydroxylation sites is 1. The minimum absolute atomic E-state index is 0.0207. The number of hydrogen-bond acceptors (Lipinski definition) is 3. The van der Waals surface area contributed by atoms with Crippen molar-refractivity contribution in [1.29, 1.82) is 5.26 Å². The first kappa shape index (κ1) is 18.1. The van der Waals surface area contributed by atoms with Crippen LogP contribution in [0.15, 0.2) is 42.5 Å². The first-order valence-electron chi connectivity index (χ1n) is 7.85. The van der Waals surface area contributed by atoms with Gasteiger partial charge >= 0.3 is 149 Å². The molecule has 24 heavy (non-hydrogen) atoms. The van der Waals surface area contributed by atoms with Crippen LogP contribution in [-0.2, 0) is 0 Å². The van der Waals surface area contributed by atoms with Gasteiger partial charge in [-0.25, -0.2) is 0 Å². The molecular weight excluding hydrogens is 365 g/mol. The molecule has 0 saturated heterocycles. The zero-order valence-electron chi connectivity index (χ0n) is 13.9. The van der Waals surface area contributed by atoms with Gasteiger partial charge in [-0.3, -0.25) is 0 Å². The molecule has 2 rings (SSSR count). The van der Waals surface area contributed by atoms with Crippen LogP contribution in [0.25, 0.3) is 0 Å². The molecule has 124 valence electrons. The van der Waals surface area contributed by atoms with Gasteiger partial charge in [-0.2, -0.15) is 0 Å². The van der Waals surface area contributed by atoms with Crippen LogP contribution in [0.4, 0.5) is 11.4 Å². The molecule has 4 nitrogen and oxygen atoms in total. The number of amides is 1. The zero-order chi connectivity index (χ0) is 17.4. The molecule has 0 radical (unpaired) electrons. The van der Waals surface area contributed by atoms with Gasteiger partial charge < -0.3 is 0 Å². The van der Waals surface area contributed by atoms with Gasteiger partial charge in [0.1, 0.15) is 0 Å². The van der Waals surface area contributed by atoms with Crippen LogP contribution in [0.2, 0.25) is 5.32 Å². The molecule has 0 saturated carbocycles. The zero-order valence-corrected chi connectivity index (χ0v) is 15.6. The number of hydrogen-bond donors (Lipinski definition) is 2. The van der Waals surface area contributed by atoms with E-state index in [1.807, 2.05) is 36.4 Å². The predicted molar refractivity (Wildman–Crippen MR) is 98.8 cm³/mol. The summed E-state index contributed by atoms with van der Waals surface area (Å²) in [6.07, 6.45) is 0.839. The number of nitrogens with zero attached hydrogens (tertiary/aromatic N) is 1. The summed E-state index contributed by atoms with van der Waals surface area (Å²) < 4.78 is 0. The third-order valence-electron chi connectivity index (χ3n) is 3.82. The number of carbonyl (C=O) groups excluding carboxylic acids is 1. The molecule has 0 atom stereocenters. The van der Waals surface area contributed by atoms with Crippen molar-refractivity contribution < 1.29 is 4.79 Å². The first-order chi connectivity index (χ1) is 11.6. The van der Waals surface area contributed by atoms with Gasteiger partial charge in [-0.15, -0.1) is 0 Å². The third kappa shape index (κ3) is 4.86. The Morgan fingerprint density at radius 1 is 1.12 bits per heavy atom. The summed E-state index contributed by atoms with van der Waals surface area (Å²) in [6.45, 7) is 4.74. The van der Waals surface area contributed by atoms with E-state index >= 15 is 0 Å². The van der Waals surface area contributed by atoms with Crippen molar-refractivity contribution in [2.45, 2.75) is 25.6 Å². The van der Waals surface area contributed by atoms with Crippen LogP contribution >= 0.6 is 0 Å². The molecule has 0 fully saturated rings. The van der Waals surface area contributed by atoms with Crippen molar-refractivity contribution in [2.24, 2.45) is 0 Å². The SMILES string of the molecule is Cc1cccc(Nc2ccccc2C(=O)NCCC[Se]C#N)c1C. The monoisotopic (exact) mass is 387 g/mol. The number of carbonyl (C=O) groups is 1. The van der Waals surface area contributed by atoms with E-state index in [1.54, 1.807) is 0 Å². The molecule has 1 amide bonds. The summed E-state index contributed by atoms with van der Waals surface area (Å²) in [5.74, 6) is -0.0899. The molecule has 0 aromatic heterocycles. The number of aryl methyl sites for hydroxylation is 1. The number of rotatable bonds is 7. The molecule has 2 aromatic carbocycles. The van der Waals surface area contributed by atoms with Crippen LogP contribution in [-0.4, -0.2) is 27.4 Å². The molecule has 5 heteroatoms. The topological polar surface area (TPSA) is 64.9 Å². The van der Waals surface area contributed by atoms with Crippen LogP contribution in [0.1, 0.15) is 27.9 Å². The van der Waals surface area contributed by atoms with Crippen molar-refractivity contribution in [1.82, 2.24) is 5.32 Å². The first-order valence-corrected chi connectivity index (χ1v) is 9.91. The molecule has 0 spiro atoms. The Labute approximate surface area is 149 Å². The van der Waals surface area contributed by atoms with Crippen molar-refractivity contribution in [3.8, 4) is 4.97 Å².